The van der Waals surface area contributed by atoms with Crippen LogP contribution in [0.2, 0.25) is 0 Å². The fraction of sp³-hybridized carbons (Fsp3) is 0.552. The number of esters is 2. The Morgan fingerprint density at radius 3 is 2.55 bits per heavy atom. The maximum absolute atomic E-state index is 12.0. The lowest BCUT2D eigenvalue weighted by atomic mass is 10.1. The minimum Gasteiger partial charge on any atom is -0.493 e. The van der Waals surface area contributed by atoms with E-state index in [1.54, 1.807) is 23.0 Å². The highest BCUT2D eigenvalue weighted by Crippen LogP contribution is 2.44. The van der Waals surface area contributed by atoms with Gasteiger partial charge >= 0.3 is 11.9 Å². The van der Waals surface area contributed by atoms with Gasteiger partial charge in [0.2, 0.25) is 0 Å². The number of anilines is 1. The van der Waals surface area contributed by atoms with Gasteiger partial charge in [0, 0.05) is 19.4 Å². The third kappa shape index (κ3) is 6.32. The van der Waals surface area contributed by atoms with E-state index in [1.807, 2.05) is 33.8 Å². The largest absolute Gasteiger partial charge is 0.493 e. The molecule has 2 unspecified atom stereocenters. The van der Waals surface area contributed by atoms with E-state index in [2.05, 4.69) is 20.3 Å². The molecule has 0 radical (unpaired) electrons. The van der Waals surface area contributed by atoms with Gasteiger partial charge in [-0.05, 0) is 44.4 Å². The zero-order chi connectivity index (χ0) is 29.9. The standard InChI is InChI=1S/C29H37N5O8/c1-6-8-21(35)38-14-20-24-25(42-29(3,4)41-24)28(40-20)34-16-33-23-26(31-15-32-27(23)34)30-13-17-10-11-18(19(12-17)37-5)39-22(36)9-7-2/h10-12,15-16,20,24-25,28H,6-9,13-14H2,1-5H3,(H,30,31,32)/t20-,24?,25?,28-/m1/s1. The van der Waals surface area contributed by atoms with Gasteiger partial charge in [0.15, 0.2) is 40.5 Å². The van der Waals surface area contributed by atoms with E-state index in [1.165, 1.54) is 13.4 Å². The Morgan fingerprint density at radius 1 is 1.02 bits per heavy atom. The molecule has 1 N–H and O–H groups in total. The highest BCUT2D eigenvalue weighted by molar-refractivity contribution is 5.82. The molecule has 0 saturated carbocycles. The molecule has 0 spiro atoms. The summed E-state index contributed by atoms with van der Waals surface area (Å²) < 4.78 is 36.8. The van der Waals surface area contributed by atoms with Crippen molar-refractivity contribution in [1.29, 1.82) is 0 Å². The quantitative estimate of drug-likeness (QED) is 0.244. The van der Waals surface area contributed by atoms with Crippen molar-refractivity contribution in [2.24, 2.45) is 0 Å². The molecular weight excluding hydrogens is 546 g/mol. The van der Waals surface area contributed by atoms with Crippen LogP contribution in [0.5, 0.6) is 11.5 Å². The Morgan fingerprint density at radius 2 is 1.79 bits per heavy atom. The Labute approximate surface area is 243 Å². The summed E-state index contributed by atoms with van der Waals surface area (Å²) in [5.41, 5.74) is 1.98. The number of carbonyl (C=O) groups is 2. The predicted octanol–water partition coefficient (Wildman–Crippen LogP) is 3.91. The molecule has 2 fully saturated rings. The maximum Gasteiger partial charge on any atom is 0.311 e. The van der Waals surface area contributed by atoms with Crippen molar-refractivity contribution in [3.63, 3.8) is 0 Å². The second kappa shape index (κ2) is 12.6. The summed E-state index contributed by atoms with van der Waals surface area (Å²) in [6.07, 6.45) is 3.15. The first-order valence-corrected chi connectivity index (χ1v) is 14.2. The molecule has 2 aromatic heterocycles. The molecule has 13 heteroatoms. The highest BCUT2D eigenvalue weighted by Gasteiger charge is 2.56. The number of ether oxygens (including phenoxy) is 6. The summed E-state index contributed by atoms with van der Waals surface area (Å²) in [7, 11) is 1.53. The first-order valence-electron chi connectivity index (χ1n) is 14.2. The molecule has 13 nitrogen and oxygen atoms in total. The van der Waals surface area contributed by atoms with Crippen LogP contribution in [-0.4, -0.2) is 69.3 Å². The highest BCUT2D eigenvalue weighted by atomic mass is 16.8. The van der Waals surface area contributed by atoms with Gasteiger partial charge in [-0.1, -0.05) is 19.9 Å². The summed E-state index contributed by atoms with van der Waals surface area (Å²) in [6.45, 7) is 7.99. The summed E-state index contributed by atoms with van der Waals surface area (Å²) in [5.74, 6) is -0.0511. The van der Waals surface area contributed by atoms with E-state index in [9.17, 15) is 9.59 Å². The first-order chi connectivity index (χ1) is 20.2. The van der Waals surface area contributed by atoms with Crippen LogP contribution in [0.15, 0.2) is 30.9 Å². The number of hydrogen-bond donors (Lipinski definition) is 1. The van der Waals surface area contributed by atoms with Crippen LogP contribution in [-0.2, 0) is 35.1 Å². The molecule has 4 atom stereocenters. The number of benzene rings is 1. The van der Waals surface area contributed by atoms with Gasteiger partial charge in [-0.2, -0.15) is 0 Å². The minimum atomic E-state index is -0.827. The van der Waals surface area contributed by atoms with Gasteiger partial charge in [0.25, 0.3) is 0 Å². The molecule has 0 bridgehead atoms. The van der Waals surface area contributed by atoms with Crippen LogP contribution in [0.3, 0.4) is 0 Å². The average Bonchev–Trinajstić information content (AvgIpc) is 3.62. The second-order valence-corrected chi connectivity index (χ2v) is 10.7. The van der Waals surface area contributed by atoms with Crippen molar-refractivity contribution in [3.8, 4) is 11.5 Å². The fourth-order valence-electron chi connectivity index (χ4n) is 5.11. The molecule has 2 aliphatic heterocycles. The normalized spacial score (nSPS) is 22.6. The van der Waals surface area contributed by atoms with E-state index in [0.717, 1.165) is 5.56 Å². The van der Waals surface area contributed by atoms with Crippen LogP contribution < -0.4 is 14.8 Å². The average molecular weight is 584 g/mol. The van der Waals surface area contributed by atoms with E-state index in [-0.39, 0.29) is 18.5 Å². The molecule has 0 aliphatic carbocycles. The first kappa shape index (κ1) is 29.7. The number of rotatable bonds is 12. The number of nitrogens with zero attached hydrogens (tertiary/aromatic N) is 4. The van der Waals surface area contributed by atoms with Crippen LogP contribution >= 0.6 is 0 Å². The summed E-state index contributed by atoms with van der Waals surface area (Å²) in [6, 6.07) is 5.36. The third-order valence-electron chi connectivity index (χ3n) is 6.99. The number of hydrogen-bond acceptors (Lipinski definition) is 12. The zero-order valence-corrected chi connectivity index (χ0v) is 24.5. The monoisotopic (exact) mass is 583 g/mol. The Balaban J connectivity index is 1.32. The Kier molecular flexibility index (Phi) is 8.90. The number of methoxy groups -OCH3 is 1. The SMILES string of the molecule is CCCC(=O)OC[C@H]1O[C@@H](n2cnc3c(NCc4ccc(OC(=O)CCC)c(OC)c4)ncnc32)C2OC(C)(C)OC21. The molecular formula is C29H37N5O8. The predicted molar refractivity (Wildman–Crippen MR) is 150 cm³/mol. The number of carbonyl (C=O) groups excluding carboxylic acids is 2. The van der Waals surface area contributed by atoms with E-state index in [0.29, 0.717) is 60.7 Å². The molecule has 42 heavy (non-hydrogen) atoms. The molecule has 2 aliphatic rings. The molecule has 0 amide bonds. The number of nitrogens with one attached hydrogen (secondary N) is 1. The lowest BCUT2D eigenvalue weighted by Gasteiger charge is -2.24. The summed E-state index contributed by atoms with van der Waals surface area (Å²) in [5, 5.41) is 3.31. The van der Waals surface area contributed by atoms with Crippen molar-refractivity contribution < 1.29 is 38.0 Å². The molecule has 226 valence electrons. The molecule has 5 rings (SSSR count). The maximum atomic E-state index is 12.0. The van der Waals surface area contributed by atoms with Gasteiger partial charge in [0.05, 0.1) is 13.4 Å². The Hall–Kier alpha value is -3.81. The third-order valence-corrected chi connectivity index (χ3v) is 6.99. The molecule has 3 aromatic rings. The van der Waals surface area contributed by atoms with E-state index >= 15 is 0 Å². The fourth-order valence-corrected chi connectivity index (χ4v) is 5.11. The van der Waals surface area contributed by atoms with Gasteiger partial charge in [-0.15, -0.1) is 0 Å². The number of imidazole rings is 1. The van der Waals surface area contributed by atoms with Crippen LogP contribution in [0.25, 0.3) is 11.2 Å². The molecule has 1 aromatic carbocycles. The number of aromatic nitrogens is 4. The second-order valence-electron chi connectivity index (χ2n) is 10.7. The number of fused-ring (bicyclic) bond motifs is 2. The lowest BCUT2D eigenvalue weighted by molar-refractivity contribution is -0.202. The van der Waals surface area contributed by atoms with Crippen LogP contribution in [0, 0.1) is 0 Å². The van der Waals surface area contributed by atoms with E-state index < -0.39 is 30.3 Å². The van der Waals surface area contributed by atoms with Gasteiger partial charge in [-0.3, -0.25) is 14.2 Å². The smallest absolute Gasteiger partial charge is 0.311 e. The molecule has 2 saturated heterocycles. The Bertz CT molecular complexity index is 1430. The summed E-state index contributed by atoms with van der Waals surface area (Å²) >= 11 is 0. The van der Waals surface area contributed by atoms with Gasteiger partial charge < -0.3 is 33.7 Å². The lowest BCUT2D eigenvalue weighted by Crippen LogP contribution is -2.33. The van der Waals surface area contributed by atoms with Crippen molar-refractivity contribution in [2.75, 3.05) is 19.0 Å². The van der Waals surface area contributed by atoms with Crippen molar-refractivity contribution in [3.05, 3.63) is 36.4 Å². The van der Waals surface area contributed by atoms with E-state index in [4.69, 9.17) is 28.4 Å². The van der Waals surface area contributed by atoms with Crippen molar-refractivity contribution in [2.45, 2.75) is 90.2 Å². The minimum absolute atomic E-state index is 0.0599. The van der Waals surface area contributed by atoms with Crippen molar-refractivity contribution in [1.82, 2.24) is 19.5 Å². The topological polar surface area (TPSA) is 145 Å². The van der Waals surface area contributed by atoms with Crippen LogP contribution in [0.1, 0.15) is 65.2 Å². The zero-order valence-electron chi connectivity index (χ0n) is 24.5. The van der Waals surface area contributed by atoms with Crippen molar-refractivity contribution >= 4 is 28.9 Å². The molecule has 4 heterocycles. The van der Waals surface area contributed by atoms with Gasteiger partial charge in [0.1, 0.15) is 31.2 Å². The summed E-state index contributed by atoms with van der Waals surface area (Å²) in [4.78, 5) is 37.4. The van der Waals surface area contributed by atoms with Gasteiger partial charge in [-0.25, -0.2) is 15.0 Å². The van der Waals surface area contributed by atoms with Crippen LogP contribution in [0.4, 0.5) is 5.82 Å².